The Kier molecular flexibility index (Phi) is 5.36. The number of nitrogens with zero attached hydrogens (tertiary/aromatic N) is 2. The topological polar surface area (TPSA) is 37.8 Å². The molecule has 0 saturated carbocycles. The second-order valence-electron chi connectivity index (χ2n) is 5.22. The standard InChI is InChI=1S/C16H19BrClN3/c1-9(8-19-4)15-10(2)20-16(21-11(15)3)12-5-6-14(18)13(17)7-12/h5-7,9,19H,8H2,1-4H3. The number of aromatic nitrogens is 2. The zero-order valence-corrected chi connectivity index (χ0v) is 15.0. The summed E-state index contributed by atoms with van der Waals surface area (Å²) in [5, 5.41) is 3.89. The van der Waals surface area contributed by atoms with Crippen LogP contribution >= 0.6 is 27.5 Å². The molecule has 1 heterocycles. The molecule has 0 saturated heterocycles. The number of halogens is 2. The number of rotatable bonds is 4. The normalized spacial score (nSPS) is 12.5. The molecule has 0 amide bonds. The van der Waals surface area contributed by atoms with Crippen molar-refractivity contribution in [3.8, 4) is 11.4 Å². The van der Waals surface area contributed by atoms with Gasteiger partial charge in [-0.25, -0.2) is 9.97 Å². The molecule has 1 aromatic carbocycles. The SMILES string of the molecule is CNCC(C)c1c(C)nc(-c2ccc(Cl)c(Br)c2)nc1C. The molecule has 0 bridgehead atoms. The quantitative estimate of drug-likeness (QED) is 0.863. The Bertz CT molecular complexity index is 635. The van der Waals surface area contributed by atoms with E-state index in [1.54, 1.807) is 0 Å². The Hall–Kier alpha value is -0.970. The number of hydrogen-bond acceptors (Lipinski definition) is 3. The second kappa shape index (κ2) is 6.86. The summed E-state index contributed by atoms with van der Waals surface area (Å²) in [5.41, 5.74) is 4.25. The van der Waals surface area contributed by atoms with E-state index in [0.717, 1.165) is 33.8 Å². The van der Waals surface area contributed by atoms with E-state index in [1.165, 1.54) is 5.56 Å². The van der Waals surface area contributed by atoms with Gasteiger partial charge in [0.25, 0.3) is 0 Å². The number of aryl methyl sites for hydroxylation is 2. The molecule has 5 heteroatoms. The average Bonchev–Trinajstić information content (AvgIpc) is 2.41. The number of benzene rings is 1. The van der Waals surface area contributed by atoms with Crippen molar-refractivity contribution in [1.29, 1.82) is 0 Å². The van der Waals surface area contributed by atoms with Gasteiger partial charge < -0.3 is 5.32 Å². The number of likely N-dealkylation sites (N-methyl/N-ethyl adjacent to an activating group) is 1. The molecule has 112 valence electrons. The van der Waals surface area contributed by atoms with E-state index < -0.39 is 0 Å². The molecule has 0 spiro atoms. The van der Waals surface area contributed by atoms with E-state index >= 15 is 0 Å². The van der Waals surface area contributed by atoms with Crippen LogP contribution in [0.15, 0.2) is 22.7 Å². The van der Waals surface area contributed by atoms with Gasteiger partial charge in [-0.3, -0.25) is 0 Å². The van der Waals surface area contributed by atoms with Gasteiger partial charge in [0, 0.05) is 28.0 Å². The highest BCUT2D eigenvalue weighted by Gasteiger charge is 2.15. The monoisotopic (exact) mass is 367 g/mol. The molecule has 0 fully saturated rings. The fourth-order valence-electron chi connectivity index (χ4n) is 2.61. The first-order chi connectivity index (χ1) is 9.93. The fourth-order valence-corrected chi connectivity index (χ4v) is 3.11. The third-order valence-corrected chi connectivity index (χ3v) is 4.72. The molecule has 3 nitrogen and oxygen atoms in total. The van der Waals surface area contributed by atoms with E-state index in [-0.39, 0.29) is 0 Å². The molecule has 0 radical (unpaired) electrons. The van der Waals surface area contributed by atoms with Crippen LogP contribution in [0, 0.1) is 13.8 Å². The zero-order valence-electron chi connectivity index (χ0n) is 12.7. The van der Waals surface area contributed by atoms with Gasteiger partial charge >= 0.3 is 0 Å². The van der Waals surface area contributed by atoms with Crippen molar-refractivity contribution < 1.29 is 0 Å². The lowest BCUT2D eigenvalue weighted by Crippen LogP contribution is -2.17. The van der Waals surface area contributed by atoms with Crippen LogP contribution in [0.25, 0.3) is 11.4 Å². The Labute approximate surface area is 139 Å². The maximum absolute atomic E-state index is 6.04. The lowest BCUT2D eigenvalue weighted by atomic mass is 9.98. The minimum atomic E-state index is 0.390. The molecule has 0 aliphatic carbocycles. The van der Waals surface area contributed by atoms with E-state index in [4.69, 9.17) is 11.6 Å². The summed E-state index contributed by atoms with van der Waals surface area (Å²) in [6.07, 6.45) is 0. The van der Waals surface area contributed by atoms with Crippen LogP contribution in [0.2, 0.25) is 5.02 Å². The summed E-state index contributed by atoms with van der Waals surface area (Å²) in [4.78, 5) is 9.35. The number of nitrogens with one attached hydrogen (secondary N) is 1. The van der Waals surface area contributed by atoms with Gasteiger partial charge in [-0.2, -0.15) is 0 Å². The van der Waals surface area contributed by atoms with Crippen LogP contribution in [-0.4, -0.2) is 23.6 Å². The van der Waals surface area contributed by atoms with Crippen LogP contribution in [0.4, 0.5) is 0 Å². The van der Waals surface area contributed by atoms with Gasteiger partial charge in [-0.05, 0) is 66.5 Å². The lowest BCUT2D eigenvalue weighted by Gasteiger charge is -2.17. The molecule has 2 aromatic rings. The van der Waals surface area contributed by atoms with Crippen LogP contribution in [0.5, 0.6) is 0 Å². The molecule has 1 aromatic heterocycles. The first-order valence-corrected chi connectivity index (χ1v) is 8.06. The Balaban J connectivity index is 2.46. The molecular weight excluding hydrogens is 350 g/mol. The molecular formula is C16H19BrClN3. The highest BCUT2D eigenvalue weighted by molar-refractivity contribution is 9.10. The van der Waals surface area contributed by atoms with Crippen molar-refractivity contribution in [3.05, 3.63) is 44.6 Å². The third kappa shape index (κ3) is 3.62. The van der Waals surface area contributed by atoms with Gasteiger partial charge in [-0.1, -0.05) is 18.5 Å². The molecule has 21 heavy (non-hydrogen) atoms. The highest BCUT2D eigenvalue weighted by atomic mass is 79.9. The first-order valence-electron chi connectivity index (χ1n) is 6.89. The van der Waals surface area contributed by atoms with Gasteiger partial charge in [0.1, 0.15) is 0 Å². The molecule has 0 aliphatic rings. The lowest BCUT2D eigenvalue weighted by molar-refractivity contribution is 0.663. The smallest absolute Gasteiger partial charge is 0.159 e. The fraction of sp³-hybridized carbons (Fsp3) is 0.375. The van der Waals surface area contributed by atoms with E-state index in [0.29, 0.717) is 10.9 Å². The predicted octanol–water partition coefficient (Wildman–Crippen LogP) is 4.50. The van der Waals surface area contributed by atoms with Gasteiger partial charge in [-0.15, -0.1) is 0 Å². The third-order valence-electron chi connectivity index (χ3n) is 3.51. The summed E-state index contributed by atoms with van der Waals surface area (Å²) in [5.74, 6) is 1.13. The summed E-state index contributed by atoms with van der Waals surface area (Å²) < 4.78 is 0.855. The summed E-state index contributed by atoms with van der Waals surface area (Å²) in [6, 6.07) is 5.75. The van der Waals surface area contributed by atoms with Crippen LogP contribution in [-0.2, 0) is 0 Å². The molecule has 1 N–H and O–H groups in total. The average molecular weight is 369 g/mol. The van der Waals surface area contributed by atoms with Crippen molar-refractivity contribution in [1.82, 2.24) is 15.3 Å². The number of hydrogen-bond donors (Lipinski definition) is 1. The van der Waals surface area contributed by atoms with Crippen molar-refractivity contribution in [2.75, 3.05) is 13.6 Å². The molecule has 1 atom stereocenters. The van der Waals surface area contributed by atoms with Gasteiger partial charge in [0.05, 0.1) is 5.02 Å². The maximum Gasteiger partial charge on any atom is 0.159 e. The van der Waals surface area contributed by atoms with E-state index in [9.17, 15) is 0 Å². The van der Waals surface area contributed by atoms with Gasteiger partial charge in [0.2, 0.25) is 0 Å². The van der Waals surface area contributed by atoms with Crippen LogP contribution in [0.1, 0.15) is 29.8 Å². The summed E-state index contributed by atoms with van der Waals surface area (Å²) in [7, 11) is 1.96. The van der Waals surface area contributed by atoms with E-state index in [2.05, 4.69) is 38.1 Å². The largest absolute Gasteiger partial charge is 0.319 e. The van der Waals surface area contributed by atoms with Gasteiger partial charge in [0.15, 0.2) is 5.82 Å². The minimum Gasteiger partial charge on any atom is -0.319 e. The van der Waals surface area contributed by atoms with Crippen LogP contribution in [0.3, 0.4) is 0 Å². The van der Waals surface area contributed by atoms with Crippen molar-refractivity contribution in [3.63, 3.8) is 0 Å². The Morgan fingerprint density at radius 2 is 1.86 bits per heavy atom. The first kappa shape index (κ1) is 16.4. The van der Waals surface area contributed by atoms with Crippen molar-refractivity contribution in [2.24, 2.45) is 0 Å². The van der Waals surface area contributed by atoms with Crippen molar-refractivity contribution in [2.45, 2.75) is 26.7 Å². The Morgan fingerprint density at radius 1 is 1.24 bits per heavy atom. The highest BCUT2D eigenvalue weighted by Crippen LogP contribution is 2.29. The molecule has 2 rings (SSSR count). The molecule has 1 unspecified atom stereocenters. The Morgan fingerprint density at radius 3 is 2.38 bits per heavy atom. The summed E-state index contributed by atoms with van der Waals surface area (Å²) >= 11 is 9.48. The minimum absolute atomic E-state index is 0.390. The maximum atomic E-state index is 6.04. The van der Waals surface area contributed by atoms with Crippen LogP contribution < -0.4 is 5.32 Å². The van der Waals surface area contributed by atoms with Crippen molar-refractivity contribution >= 4 is 27.5 Å². The summed E-state index contributed by atoms with van der Waals surface area (Å²) in [6.45, 7) is 7.19. The molecule has 0 aliphatic heterocycles. The van der Waals surface area contributed by atoms with E-state index in [1.807, 2.05) is 39.1 Å². The predicted molar refractivity (Wildman–Crippen MR) is 92.0 cm³/mol. The zero-order chi connectivity index (χ0) is 15.6. The second-order valence-corrected chi connectivity index (χ2v) is 6.48.